The number of hydrogen-bond acceptors (Lipinski definition) is 4. The normalized spacial score (nSPS) is 10.6. The molecule has 0 atom stereocenters. The average molecular weight is 399 g/mol. The first-order valence-corrected chi connectivity index (χ1v) is 9.18. The van der Waals surface area contributed by atoms with Gasteiger partial charge >= 0.3 is 12.0 Å². The van der Waals surface area contributed by atoms with Gasteiger partial charge in [0.1, 0.15) is 5.75 Å². The summed E-state index contributed by atoms with van der Waals surface area (Å²) in [5.41, 5.74) is 1.02. The van der Waals surface area contributed by atoms with Crippen LogP contribution in [0.15, 0.2) is 42.5 Å². The number of hydrogen-bond donors (Lipinski definition) is 4. The molecular formula is C21H25N3O5. The minimum atomic E-state index is -1.11. The average Bonchev–Trinajstić information content (AvgIpc) is 2.62. The molecule has 2 rings (SSSR count). The molecule has 4 N–H and O–H groups in total. The third-order valence-corrected chi connectivity index (χ3v) is 3.64. The van der Waals surface area contributed by atoms with Crippen molar-refractivity contribution in [1.82, 2.24) is 5.32 Å². The molecule has 0 radical (unpaired) electrons. The highest BCUT2D eigenvalue weighted by Crippen LogP contribution is 2.28. The Morgan fingerprint density at radius 2 is 1.66 bits per heavy atom. The number of anilines is 2. The van der Waals surface area contributed by atoms with Crippen LogP contribution in [0.3, 0.4) is 0 Å². The van der Waals surface area contributed by atoms with Crippen LogP contribution in [0.4, 0.5) is 16.2 Å². The van der Waals surface area contributed by atoms with E-state index in [0.29, 0.717) is 17.0 Å². The summed E-state index contributed by atoms with van der Waals surface area (Å²) >= 11 is 0. The topological polar surface area (TPSA) is 117 Å². The number of carboxylic acid groups (broad SMARTS) is 1. The van der Waals surface area contributed by atoms with Gasteiger partial charge in [0.2, 0.25) is 0 Å². The fraction of sp³-hybridized carbons (Fsp3) is 0.286. The zero-order valence-electron chi connectivity index (χ0n) is 16.8. The lowest BCUT2D eigenvalue weighted by Gasteiger charge is -2.16. The van der Waals surface area contributed by atoms with E-state index in [1.54, 1.807) is 18.2 Å². The number of rotatable bonds is 7. The second-order valence-electron chi connectivity index (χ2n) is 6.97. The van der Waals surface area contributed by atoms with Crippen LogP contribution in [0.25, 0.3) is 0 Å². The van der Waals surface area contributed by atoms with Crippen molar-refractivity contribution in [2.24, 2.45) is 0 Å². The second kappa shape index (κ2) is 9.59. The van der Waals surface area contributed by atoms with Gasteiger partial charge in [0.25, 0.3) is 5.91 Å². The summed E-state index contributed by atoms with van der Waals surface area (Å²) < 4.78 is 5.66. The highest BCUT2D eigenvalue weighted by Gasteiger charge is 2.15. The molecule has 0 bridgehead atoms. The van der Waals surface area contributed by atoms with E-state index in [2.05, 4.69) is 16.0 Å². The third kappa shape index (κ3) is 6.53. The molecule has 8 heteroatoms. The van der Waals surface area contributed by atoms with Crippen molar-refractivity contribution in [1.29, 1.82) is 0 Å². The van der Waals surface area contributed by atoms with Crippen LogP contribution in [0.2, 0.25) is 0 Å². The number of urea groups is 1. The number of carbonyl (C=O) groups excluding carboxylic acids is 2. The van der Waals surface area contributed by atoms with Gasteiger partial charge in [0, 0.05) is 17.3 Å². The van der Waals surface area contributed by atoms with Crippen molar-refractivity contribution in [3.05, 3.63) is 53.6 Å². The molecule has 29 heavy (non-hydrogen) atoms. The molecule has 0 fully saturated rings. The molecule has 0 saturated heterocycles. The summed E-state index contributed by atoms with van der Waals surface area (Å²) in [5, 5.41) is 17.3. The Morgan fingerprint density at radius 1 is 0.931 bits per heavy atom. The Hall–Kier alpha value is -3.55. The quantitative estimate of drug-likeness (QED) is 0.562. The van der Waals surface area contributed by atoms with Crippen molar-refractivity contribution < 1.29 is 24.2 Å². The molecule has 0 aromatic heterocycles. The van der Waals surface area contributed by atoms with Gasteiger partial charge < -0.3 is 25.8 Å². The van der Waals surface area contributed by atoms with E-state index < -0.39 is 11.9 Å². The summed E-state index contributed by atoms with van der Waals surface area (Å²) in [6, 6.07) is 10.3. The predicted octanol–water partition coefficient (Wildman–Crippen LogP) is 3.95. The molecule has 8 nitrogen and oxygen atoms in total. The maximum Gasteiger partial charge on any atom is 0.335 e. The molecule has 3 amide bonds. The maximum atomic E-state index is 12.7. The van der Waals surface area contributed by atoms with Crippen LogP contribution in [0, 0.1) is 0 Å². The molecule has 2 aromatic rings. The number of amides is 3. The number of carboxylic acids is 1. The van der Waals surface area contributed by atoms with E-state index in [1.807, 2.05) is 27.7 Å². The summed E-state index contributed by atoms with van der Waals surface area (Å²) in [4.78, 5) is 35.8. The van der Waals surface area contributed by atoms with Gasteiger partial charge in [-0.2, -0.15) is 0 Å². The molecule has 2 aromatic carbocycles. The highest BCUT2D eigenvalue weighted by atomic mass is 16.5. The SMILES string of the molecule is CC(C)NC(=O)Nc1cccc(C(=O)Nc2cc(C(=O)O)ccc2OC(C)C)c1. The second-order valence-corrected chi connectivity index (χ2v) is 6.97. The lowest BCUT2D eigenvalue weighted by molar-refractivity contribution is 0.0696. The van der Waals surface area contributed by atoms with E-state index in [9.17, 15) is 19.5 Å². The lowest BCUT2D eigenvalue weighted by atomic mass is 10.1. The fourth-order valence-corrected chi connectivity index (χ4v) is 2.48. The smallest absolute Gasteiger partial charge is 0.335 e. The van der Waals surface area contributed by atoms with Crippen molar-refractivity contribution in [2.75, 3.05) is 10.6 Å². The van der Waals surface area contributed by atoms with Crippen LogP contribution in [0.1, 0.15) is 48.4 Å². The largest absolute Gasteiger partial charge is 0.489 e. The first kappa shape index (κ1) is 21.7. The molecule has 0 heterocycles. The fourth-order valence-electron chi connectivity index (χ4n) is 2.48. The Bertz CT molecular complexity index is 909. The van der Waals surface area contributed by atoms with Crippen molar-refractivity contribution >= 4 is 29.3 Å². The zero-order chi connectivity index (χ0) is 21.6. The van der Waals surface area contributed by atoms with Crippen molar-refractivity contribution in [3.8, 4) is 5.75 Å². The van der Waals surface area contributed by atoms with Crippen LogP contribution in [0.5, 0.6) is 5.75 Å². The maximum absolute atomic E-state index is 12.7. The van der Waals surface area contributed by atoms with Crippen LogP contribution in [-0.2, 0) is 0 Å². The summed E-state index contributed by atoms with van der Waals surface area (Å²) in [5.74, 6) is -1.21. The summed E-state index contributed by atoms with van der Waals surface area (Å²) in [6.45, 7) is 7.33. The first-order chi connectivity index (χ1) is 13.7. The first-order valence-electron chi connectivity index (χ1n) is 9.18. The zero-order valence-corrected chi connectivity index (χ0v) is 16.8. The van der Waals surface area contributed by atoms with Gasteiger partial charge in [0.15, 0.2) is 0 Å². The van der Waals surface area contributed by atoms with Gasteiger partial charge in [-0.15, -0.1) is 0 Å². The lowest BCUT2D eigenvalue weighted by Crippen LogP contribution is -2.34. The summed E-state index contributed by atoms with van der Waals surface area (Å²) in [6.07, 6.45) is -0.159. The van der Waals surface area contributed by atoms with E-state index >= 15 is 0 Å². The van der Waals surface area contributed by atoms with Crippen LogP contribution >= 0.6 is 0 Å². The van der Waals surface area contributed by atoms with Gasteiger partial charge in [-0.3, -0.25) is 4.79 Å². The van der Waals surface area contributed by atoms with Crippen molar-refractivity contribution in [3.63, 3.8) is 0 Å². The molecule has 0 spiro atoms. The van der Waals surface area contributed by atoms with E-state index in [0.717, 1.165) is 0 Å². The van der Waals surface area contributed by atoms with Crippen molar-refractivity contribution in [2.45, 2.75) is 39.8 Å². The van der Waals surface area contributed by atoms with E-state index in [1.165, 1.54) is 24.3 Å². The van der Waals surface area contributed by atoms with E-state index in [4.69, 9.17) is 4.74 Å². The van der Waals surface area contributed by atoms with E-state index in [-0.39, 0.29) is 29.4 Å². The molecule has 0 saturated carbocycles. The minimum Gasteiger partial charge on any atom is -0.489 e. The molecule has 0 aliphatic carbocycles. The van der Waals surface area contributed by atoms with Crippen LogP contribution < -0.4 is 20.7 Å². The number of carbonyl (C=O) groups is 3. The third-order valence-electron chi connectivity index (χ3n) is 3.64. The number of benzene rings is 2. The predicted molar refractivity (Wildman–Crippen MR) is 111 cm³/mol. The minimum absolute atomic E-state index is 0.0252. The van der Waals surface area contributed by atoms with Gasteiger partial charge in [-0.25, -0.2) is 9.59 Å². The monoisotopic (exact) mass is 399 g/mol. The number of ether oxygens (including phenoxy) is 1. The Labute approximate surface area is 169 Å². The van der Waals surface area contributed by atoms with Gasteiger partial charge in [0.05, 0.1) is 17.4 Å². The Kier molecular flexibility index (Phi) is 7.19. The molecule has 154 valence electrons. The Morgan fingerprint density at radius 3 is 2.28 bits per heavy atom. The van der Waals surface area contributed by atoms with Gasteiger partial charge in [-0.05, 0) is 64.1 Å². The molecule has 0 unspecified atom stereocenters. The highest BCUT2D eigenvalue weighted by molar-refractivity contribution is 6.06. The number of aromatic carboxylic acids is 1. The molecule has 0 aliphatic heterocycles. The molecular weight excluding hydrogens is 374 g/mol. The number of nitrogens with one attached hydrogen (secondary N) is 3. The molecule has 0 aliphatic rings. The standard InChI is InChI=1S/C21H25N3O5/c1-12(2)22-21(28)23-16-7-5-6-14(10-16)19(25)24-17-11-15(20(26)27)8-9-18(17)29-13(3)4/h5-13H,1-4H3,(H,24,25)(H,26,27)(H2,22,23,28). The van der Waals surface area contributed by atoms with Crippen LogP contribution in [-0.4, -0.2) is 35.2 Å². The Balaban J connectivity index is 2.23. The van der Waals surface area contributed by atoms with Gasteiger partial charge in [-0.1, -0.05) is 6.07 Å². The summed E-state index contributed by atoms with van der Waals surface area (Å²) in [7, 11) is 0.